The van der Waals surface area contributed by atoms with Gasteiger partial charge < -0.3 is 4.74 Å². The molecule has 1 aliphatic heterocycles. The van der Waals surface area contributed by atoms with Crippen LogP contribution in [0.25, 0.3) is 0 Å². The molecule has 0 N–H and O–H groups in total. The largest absolute Gasteiger partial charge is 0.372 e. The molecule has 2 aromatic rings. The van der Waals surface area contributed by atoms with Gasteiger partial charge in [0.05, 0.1) is 12.7 Å². The highest BCUT2D eigenvalue weighted by atomic mass is 32.2. The Kier molecular flexibility index (Phi) is 4.34. The van der Waals surface area contributed by atoms with Gasteiger partial charge >= 0.3 is 0 Å². The van der Waals surface area contributed by atoms with Crippen LogP contribution in [0, 0.1) is 0 Å². The van der Waals surface area contributed by atoms with Crippen LogP contribution in [-0.4, -0.2) is 36.9 Å². The average molecular weight is 324 g/mol. The Labute approximate surface area is 128 Å². The summed E-state index contributed by atoms with van der Waals surface area (Å²) in [6, 6.07) is 7.19. The lowest BCUT2D eigenvalue weighted by molar-refractivity contribution is 0.0508. The monoisotopic (exact) mass is 324 g/mol. The fourth-order valence-corrected chi connectivity index (χ4v) is 4.91. The van der Waals surface area contributed by atoms with Crippen LogP contribution in [0.5, 0.6) is 0 Å². The minimum Gasteiger partial charge on any atom is -0.372 e. The SMILES string of the molecule is O=S(=O)(c1cccs1)N1CCC(OCc2ccncc2)C1. The van der Waals surface area contributed by atoms with Crippen molar-refractivity contribution >= 4 is 21.4 Å². The molecule has 0 bridgehead atoms. The molecule has 1 fully saturated rings. The number of aromatic nitrogens is 1. The number of pyridine rings is 1. The van der Waals surface area contributed by atoms with Crippen molar-refractivity contribution in [3.63, 3.8) is 0 Å². The first-order valence-corrected chi connectivity index (χ1v) is 9.02. The third-order valence-electron chi connectivity index (χ3n) is 3.43. The maximum absolute atomic E-state index is 12.4. The van der Waals surface area contributed by atoms with E-state index < -0.39 is 10.0 Å². The molecule has 2 aromatic heterocycles. The molecule has 3 rings (SSSR count). The number of hydrogen-bond acceptors (Lipinski definition) is 5. The summed E-state index contributed by atoms with van der Waals surface area (Å²) in [7, 11) is -3.35. The van der Waals surface area contributed by atoms with Gasteiger partial charge in [-0.05, 0) is 35.6 Å². The normalized spacial score (nSPS) is 19.9. The number of nitrogens with zero attached hydrogens (tertiary/aromatic N) is 2. The number of thiophene rings is 1. The summed E-state index contributed by atoms with van der Waals surface area (Å²) in [4.78, 5) is 3.96. The Balaban J connectivity index is 1.59. The van der Waals surface area contributed by atoms with Gasteiger partial charge in [-0.2, -0.15) is 4.31 Å². The number of rotatable bonds is 5. The lowest BCUT2D eigenvalue weighted by Crippen LogP contribution is -2.29. The Morgan fingerprint density at radius 1 is 1.33 bits per heavy atom. The summed E-state index contributed by atoms with van der Waals surface area (Å²) in [6.07, 6.45) is 4.13. The average Bonchev–Trinajstić information content (AvgIpc) is 3.18. The minimum absolute atomic E-state index is 0.0482. The standard InChI is InChI=1S/C14H16N2O3S2/c17-21(18,14-2-1-9-20-14)16-8-5-13(10-16)19-11-12-3-6-15-7-4-12/h1-4,6-7,9,13H,5,8,10-11H2. The molecule has 0 aliphatic carbocycles. The summed E-state index contributed by atoms with van der Waals surface area (Å²) in [6.45, 7) is 1.42. The van der Waals surface area contributed by atoms with Crippen molar-refractivity contribution in [1.29, 1.82) is 0 Å². The molecule has 0 radical (unpaired) electrons. The Morgan fingerprint density at radius 3 is 2.86 bits per heavy atom. The van der Waals surface area contributed by atoms with Crippen LogP contribution < -0.4 is 0 Å². The summed E-state index contributed by atoms with van der Waals surface area (Å²) in [5, 5.41) is 1.78. The Morgan fingerprint density at radius 2 is 2.14 bits per heavy atom. The van der Waals surface area contributed by atoms with E-state index in [0.29, 0.717) is 23.9 Å². The van der Waals surface area contributed by atoms with Crippen molar-refractivity contribution < 1.29 is 13.2 Å². The maximum atomic E-state index is 12.4. The molecular weight excluding hydrogens is 308 g/mol. The number of sulfonamides is 1. The van der Waals surface area contributed by atoms with E-state index in [1.54, 1.807) is 29.9 Å². The smallest absolute Gasteiger partial charge is 0.252 e. The number of hydrogen-bond donors (Lipinski definition) is 0. The molecule has 1 atom stereocenters. The summed E-state index contributed by atoms with van der Waals surface area (Å²) < 4.78 is 32.5. The van der Waals surface area contributed by atoms with Crippen LogP contribution in [0.2, 0.25) is 0 Å². The number of ether oxygens (including phenoxy) is 1. The van der Waals surface area contributed by atoms with Crippen LogP contribution in [0.4, 0.5) is 0 Å². The molecule has 1 aliphatic rings. The van der Waals surface area contributed by atoms with Crippen molar-refractivity contribution in [2.45, 2.75) is 23.3 Å². The van der Waals surface area contributed by atoms with Gasteiger partial charge in [0.25, 0.3) is 10.0 Å². The second-order valence-corrected chi connectivity index (χ2v) is 7.98. The van der Waals surface area contributed by atoms with Gasteiger partial charge in [-0.15, -0.1) is 11.3 Å². The quantitative estimate of drug-likeness (QED) is 0.845. The zero-order valence-electron chi connectivity index (χ0n) is 11.4. The lowest BCUT2D eigenvalue weighted by atomic mass is 10.3. The molecule has 1 saturated heterocycles. The third kappa shape index (κ3) is 3.32. The summed E-state index contributed by atoms with van der Waals surface area (Å²) in [5.41, 5.74) is 1.05. The minimum atomic E-state index is -3.35. The van der Waals surface area contributed by atoms with Crippen LogP contribution in [-0.2, 0) is 21.4 Å². The topological polar surface area (TPSA) is 59.5 Å². The van der Waals surface area contributed by atoms with E-state index in [2.05, 4.69) is 4.98 Å². The molecule has 21 heavy (non-hydrogen) atoms. The molecule has 3 heterocycles. The summed E-state index contributed by atoms with van der Waals surface area (Å²) >= 11 is 1.25. The molecule has 112 valence electrons. The zero-order chi connectivity index (χ0) is 14.7. The molecule has 1 unspecified atom stereocenters. The fourth-order valence-electron chi connectivity index (χ4n) is 2.28. The van der Waals surface area contributed by atoms with Crippen LogP contribution in [0.1, 0.15) is 12.0 Å². The van der Waals surface area contributed by atoms with Gasteiger partial charge in [-0.3, -0.25) is 4.98 Å². The van der Waals surface area contributed by atoms with Gasteiger partial charge in [-0.25, -0.2) is 8.42 Å². The van der Waals surface area contributed by atoms with Gasteiger partial charge in [0.2, 0.25) is 0 Å². The predicted molar refractivity (Wildman–Crippen MR) is 80.5 cm³/mol. The van der Waals surface area contributed by atoms with E-state index in [0.717, 1.165) is 12.0 Å². The molecule has 0 spiro atoms. The molecule has 0 saturated carbocycles. The van der Waals surface area contributed by atoms with E-state index in [1.165, 1.54) is 15.6 Å². The highest BCUT2D eigenvalue weighted by molar-refractivity contribution is 7.91. The van der Waals surface area contributed by atoms with Gasteiger partial charge in [0, 0.05) is 25.5 Å². The first-order valence-electron chi connectivity index (χ1n) is 6.70. The molecule has 7 heteroatoms. The van der Waals surface area contributed by atoms with Crippen molar-refractivity contribution in [1.82, 2.24) is 9.29 Å². The molecule has 5 nitrogen and oxygen atoms in total. The third-order valence-corrected chi connectivity index (χ3v) is 6.67. The molecular formula is C14H16N2O3S2. The van der Waals surface area contributed by atoms with Crippen LogP contribution in [0.15, 0.2) is 46.2 Å². The van der Waals surface area contributed by atoms with Crippen molar-refractivity contribution in [3.8, 4) is 0 Å². The maximum Gasteiger partial charge on any atom is 0.252 e. The summed E-state index contributed by atoms with van der Waals surface area (Å²) in [5.74, 6) is 0. The molecule has 0 aromatic carbocycles. The van der Waals surface area contributed by atoms with Crippen molar-refractivity contribution in [2.75, 3.05) is 13.1 Å². The Hall–Kier alpha value is -1.28. The van der Waals surface area contributed by atoms with Gasteiger partial charge in [0.15, 0.2) is 0 Å². The van der Waals surface area contributed by atoms with E-state index >= 15 is 0 Å². The highest BCUT2D eigenvalue weighted by Gasteiger charge is 2.33. The second kappa shape index (κ2) is 6.23. The van der Waals surface area contributed by atoms with E-state index in [1.807, 2.05) is 12.1 Å². The van der Waals surface area contributed by atoms with Crippen LogP contribution in [0.3, 0.4) is 0 Å². The first-order chi connectivity index (χ1) is 10.2. The van der Waals surface area contributed by atoms with Gasteiger partial charge in [-0.1, -0.05) is 6.07 Å². The van der Waals surface area contributed by atoms with E-state index in [9.17, 15) is 8.42 Å². The highest BCUT2D eigenvalue weighted by Crippen LogP contribution is 2.25. The second-order valence-electron chi connectivity index (χ2n) is 4.87. The van der Waals surface area contributed by atoms with Gasteiger partial charge in [0.1, 0.15) is 4.21 Å². The first kappa shape index (κ1) is 14.6. The van der Waals surface area contributed by atoms with E-state index in [4.69, 9.17) is 4.74 Å². The molecule has 0 amide bonds. The van der Waals surface area contributed by atoms with E-state index in [-0.39, 0.29) is 6.10 Å². The lowest BCUT2D eigenvalue weighted by Gasteiger charge is -2.15. The fraction of sp³-hybridized carbons (Fsp3) is 0.357. The van der Waals surface area contributed by atoms with Crippen molar-refractivity contribution in [2.24, 2.45) is 0 Å². The Bertz CT molecular complexity index is 672. The zero-order valence-corrected chi connectivity index (χ0v) is 13.0. The van der Waals surface area contributed by atoms with Crippen LogP contribution >= 0.6 is 11.3 Å². The van der Waals surface area contributed by atoms with Crippen molar-refractivity contribution in [3.05, 3.63) is 47.6 Å². The predicted octanol–water partition coefficient (Wildman–Crippen LogP) is 2.12.